The summed E-state index contributed by atoms with van der Waals surface area (Å²) >= 11 is 6.55. The van der Waals surface area contributed by atoms with Gasteiger partial charge in [-0.05, 0) is 36.0 Å². The first-order valence-corrected chi connectivity index (χ1v) is 8.21. The fraction of sp³-hybridized carbons (Fsp3) is 0.333. The lowest BCUT2D eigenvalue weighted by atomic mass is 10.4. The van der Waals surface area contributed by atoms with E-state index >= 15 is 0 Å². The number of carbonyl (C=O) groups excluding carboxylic acids is 1. The summed E-state index contributed by atoms with van der Waals surface area (Å²) in [5.74, 6) is -0.0347. The van der Waals surface area contributed by atoms with Crippen LogP contribution in [-0.2, 0) is 11.3 Å². The predicted molar refractivity (Wildman–Crippen MR) is 83.8 cm³/mol. The standard InChI is InChI=1S/C12H14BrN3OS2/c1-8-6-19-12(14-8)15-11(17)5-16(2)4-10-3-9(13)7-18-10/h3,6-7H,4-5H2,1-2H3,(H,14,15,17). The van der Waals surface area contributed by atoms with E-state index in [1.807, 2.05) is 29.6 Å². The highest BCUT2D eigenvalue weighted by molar-refractivity contribution is 9.10. The van der Waals surface area contributed by atoms with Crippen LogP contribution in [0.3, 0.4) is 0 Å². The van der Waals surface area contributed by atoms with Crippen molar-refractivity contribution in [2.24, 2.45) is 0 Å². The van der Waals surface area contributed by atoms with Gasteiger partial charge < -0.3 is 5.32 Å². The van der Waals surface area contributed by atoms with Crippen LogP contribution in [0.5, 0.6) is 0 Å². The van der Waals surface area contributed by atoms with E-state index in [2.05, 4.69) is 32.3 Å². The number of carbonyl (C=O) groups is 1. The molecule has 0 radical (unpaired) electrons. The van der Waals surface area contributed by atoms with Crippen molar-refractivity contribution in [2.75, 3.05) is 18.9 Å². The molecular formula is C12H14BrN3OS2. The Morgan fingerprint density at radius 1 is 1.47 bits per heavy atom. The Labute approximate surface area is 128 Å². The fourth-order valence-corrected chi connectivity index (χ4v) is 3.81. The molecule has 0 saturated heterocycles. The minimum absolute atomic E-state index is 0.0347. The van der Waals surface area contributed by atoms with Gasteiger partial charge >= 0.3 is 0 Å². The van der Waals surface area contributed by atoms with Crippen molar-refractivity contribution in [1.29, 1.82) is 0 Å². The van der Waals surface area contributed by atoms with Gasteiger partial charge in [0.2, 0.25) is 5.91 Å². The van der Waals surface area contributed by atoms with Gasteiger partial charge in [0.1, 0.15) is 0 Å². The van der Waals surface area contributed by atoms with Crippen LogP contribution in [0, 0.1) is 6.92 Å². The van der Waals surface area contributed by atoms with Gasteiger partial charge in [-0.25, -0.2) is 4.98 Å². The number of amides is 1. The number of likely N-dealkylation sites (N-methyl/N-ethyl adjacent to an activating group) is 1. The number of anilines is 1. The molecule has 0 unspecified atom stereocenters. The van der Waals surface area contributed by atoms with Gasteiger partial charge in [0.25, 0.3) is 0 Å². The van der Waals surface area contributed by atoms with E-state index in [1.54, 1.807) is 11.3 Å². The number of thiophene rings is 1. The van der Waals surface area contributed by atoms with Crippen molar-refractivity contribution in [3.8, 4) is 0 Å². The van der Waals surface area contributed by atoms with E-state index in [9.17, 15) is 4.79 Å². The van der Waals surface area contributed by atoms with Gasteiger partial charge in [0, 0.05) is 26.7 Å². The normalized spacial score (nSPS) is 10.9. The third-order valence-corrected chi connectivity index (χ3v) is 4.88. The van der Waals surface area contributed by atoms with Crippen LogP contribution in [0.15, 0.2) is 21.3 Å². The zero-order chi connectivity index (χ0) is 13.8. The maximum absolute atomic E-state index is 11.8. The Bertz CT molecular complexity index is 567. The second-order valence-electron chi connectivity index (χ2n) is 4.25. The Morgan fingerprint density at radius 2 is 2.26 bits per heavy atom. The molecule has 0 atom stereocenters. The molecule has 0 bridgehead atoms. The maximum Gasteiger partial charge on any atom is 0.240 e. The van der Waals surface area contributed by atoms with Crippen LogP contribution in [-0.4, -0.2) is 29.4 Å². The summed E-state index contributed by atoms with van der Waals surface area (Å²) in [5.41, 5.74) is 0.928. The fourth-order valence-electron chi connectivity index (χ4n) is 1.57. The quantitative estimate of drug-likeness (QED) is 0.890. The molecule has 2 rings (SSSR count). The Hall–Kier alpha value is -0.760. The van der Waals surface area contributed by atoms with Gasteiger partial charge in [0.15, 0.2) is 5.13 Å². The van der Waals surface area contributed by atoms with E-state index in [-0.39, 0.29) is 5.91 Å². The van der Waals surface area contributed by atoms with Crippen molar-refractivity contribution in [3.63, 3.8) is 0 Å². The molecule has 0 aliphatic carbocycles. The molecular weight excluding hydrogens is 346 g/mol. The molecule has 1 amide bonds. The first kappa shape index (κ1) is 14.6. The van der Waals surface area contributed by atoms with Crippen LogP contribution >= 0.6 is 38.6 Å². The summed E-state index contributed by atoms with van der Waals surface area (Å²) in [6.07, 6.45) is 0. The Kier molecular flexibility index (Phi) is 5.09. The van der Waals surface area contributed by atoms with Crippen molar-refractivity contribution in [3.05, 3.63) is 31.9 Å². The summed E-state index contributed by atoms with van der Waals surface area (Å²) in [7, 11) is 1.93. The average Bonchev–Trinajstić information content (AvgIpc) is 2.87. The molecule has 2 aromatic heterocycles. The highest BCUT2D eigenvalue weighted by atomic mass is 79.9. The average molecular weight is 360 g/mol. The number of nitrogens with one attached hydrogen (secondary N) is 1. The molecule has 0 aliphatic rings. The highest BCUT2D eigenvalue weighted by Crippen LogP contribution is 2.20. The van der Waals surface area contributed by atoms with Crippen LogP contribution in [0.2, 0.25) is 0 Å². The van der Waals surface area contributed by atoms with Gasteiger partial charge in [0.05, 0.1) is 12.2 Å². The second kappa shape index (κ2) is 6.60. The Balaban J connectivity index is 1.81. The number of aromatic nitrogens is 1. The highest BCUT2D eigenvalue weighted by Gasteiger charge is 2.10. The number of aryl methyl sites for hydroxylation is 1. The largest absolute Gasteiger partial charge is 0.301 e. The summed E-state index contributed by atoms with van der Waals surface area (Å²) in [4.78, 5) is 19.3. The summed E-state index contributed by atoms with van der Waals surface area (Å²) < 4.78 is 1.09. The van der Waals surface area contributed by atoms with Crippen molar-refractivity contribution >= 4 is 49.6 Å². The smallest absolute Gasteiger partial charge is 0.240 e. The van der Waals surface area contributed by atoms with Gasteiger partial charge in [-0.1, -0.05) is 0 Å². The first-order chi connectivity index (χ1) is 9.02. The molecule has 2 heterocycles. The topological polar surface area (TPSA) is 45.2 Å². The van der Waals surface area contributed by atoms with E-state index < -0.39 is 0 Å². The van der Waals surface area contributed by atoms with Crippen LogP contribution < -0.4 is 5.32 Å². The van der Waals surface area contributed by atoms with Crippen molar-refractivity contribution in [2.45, 2.75) is 13.5 Å². The monoisotopic (exact) mass is 359 g/mol. The van der Waals surface area contributed by atoms with E-state index in [4.69, 9.17) is 0 Å². The summed E-state index contributed by atoms with van der Waals surface area (Å²) in [6.45, 7) is 3.03. The molecule has 7 heteroatoms. The second-order valence-corrected chi connectivity index (χ2v) is 7.02. The molecule has 0 fully saturated rings. The number of nitrogens with zero attached hydrogens (tertiary/aromatic N) is 2. The zero-order valence-corrected chi connectivity index (χ0v) is 13.9. The Morgan fingerprint density at radius 3 is 2.84 bits per heavy atom. The lowest BCUT2D eigenvalue weighted by molar-refractivity contribution is -0.117. The summed E-state index contributed by atoms with van der Waals surface area (Å²) in [5, 5.41) is 7.43. The van der Waals surface area contributed by atoms with E-state index in [0.29, 0.717) is 11.7 Å². The molecule has 19 heavy (non-hydrogen) atoms. The molecule has 0 saturated carbocycles. The molecule has 4 nitrogen and oxygen atoms in total. The molecule has 102 valence electrons. The summed E-state index contributed by atoms with van der Waals surface area (Å²) in [6, 6.07) is 2.07. The molecule has 0 aliphatic heterocycles. The predicted octanol–water partition coefficient (Wildman–Crippen LogP) is 3.35. The van der Waals surface area contributed by atoms with Crippen LogP contribution in [0.1, 0.15) is 10.6 Å². The zero-order valence-electron chi connectivity index (χ0n) is 10.6. The van der Waals surface area contributed by atoms with Gasteiger partial charge in [-0.2, -0.15) is 0 Å². The van der Waals surface area contributed by atoms with Gasteiger partial charge in [-0.15, -0.1) is 22.7 Å². The minimum atomic E-state index is -0.0347. The van der Waals surface area contributed by atoms with E-state index in [0.717, 1.165) is 16.7 Å². The maximum atomic E-state index is 11.8. The molecule has 0 spiro atoms. The van der Waals surface area contributed by atoms with Crippen LogP contribution in [0.4, 0.5) is 5.13 Å². The number of hydrogen-bond donors (Lipinski definition) is 1. The number of rotatable bonds is 5. The number of hydrogen-bond acceptors (Lipinski definition) is 5. The van der Waals surface area contributed by atoms with Crippen molar-refractivity contribution < 1.29 is 4.79 Å². The number of halogens is 1. The lowest BCUT2D eigenvalue weighted by Crippen LogP contribution is -2.29. The SMILES string of the molecule is Cc1csc(NC(=O)CN(C)Cc2cc(Br)cs2)n1. The van der Waals surface area contributed by atoms with Crippen LogP contribution in [0.25, 0.3) is 0 Å². The first-order valence-electron chi connectivity index (χ1n) is 5.66. The van der Waals surface area contributed by atoms with Crippen molar-refractivity contribution in [1.82, 2.24) is 9.88 Å². The third-order valence-electron chi connectivity index (χ3n) is 2.33. The lowest BCUT2D eigenvalue weighted by Gasteiger charge is -2.14. The number of thiazole rings is 1. The molecule has 0 aromatic carbocycles. The van der Waals surface area contributed by atoms with Gasteiger partial charge in [-0.3, -0.25) is 9.69 Å². The molecule has 1 N–H and O–H groups in total. The third kappa shape index (κ3) is 4.68. The molecule has 2 aromatic rings. The minimum Gasteiger partial charge on any atom is -0.301 e. The van der Waals surface area contributed by atoms with E-state index in [1.165, 1.54) is 16.2 Å².